The van der Waals surface area contributed by atoms with Gasteiger partial charge in [0, 0.05) is 18.8 Å². The number of hydrogen-bond donors (Lipinski definition) is 1. The Morgan fingerprint density at radius 2 is 1.50 bits per heavy atom. The highest BCUT2D eigenvalue weighted by molar-refractivity contribution is 7.89. The summed E-state index contributed by atoms with van der Waals surface area (Å²) < 4.78 is 24.3. The van der Waals surface area contributed by atoms with Crippen molar-refractivity contribution in [3.05, 3.63) is 96.1 Å². The van der Waals surface area contributed by atoms with Gasteiger partial charge in [-0.15, -0.1) is 0 Å². The van der Waals surface area contributed by atoms with Gasteiger partial charge in [-0.3, -0.25) is 0 Å². The summed E-state index contributed by atoms with van der Waals surface area (Å²) in [5.74, 6) is 0. The molecule has 0 aliphatic carbocycles. The molecule has 0 aromatic heterocycles. The molecule has 0 fully saturated rings. The fraction of sp³-hybridized carbons (Fsp3) is 0.136. The molecule has 0 saturated heterocycles. The van der Waals surface area contributed by atoms with Crippen molar-refractivity contribution in [1.29, 1.82) is 0 Å². The number of hydrazone groups is 1. The van der Waals surface area contributed by atoms with Crippen molar-refractivity contribution >= 4 is 21.9 Å². The number of nitrogens with one attached hydrogen (secondary N) is 1. The molecule has 0 bridgehead atoms. The van der Waals surface area contributed by atoms with Gasteiger partial charge in [0.1, 0.15) is 0 Å². The maximum Gasteiger partial charge on any atom is 0.276 e. The summed E-state index contributed by atoms with van der Waals surface area (Å²) in [6.45, 7) is 3.84. The van der Waals surface area contributed by atoms with E-state index in [1.165, 1.54) is 23.9 Å². The Bertz CT molecular complexity index is 1000. The zero-order valence-electron chi connectivity index (χ0n) is 15.7. The maximum atomic E-state index is 12.1. The third-order valence-corrected chi connectivity index (χ3v) is 5.53. The van der Waals surface area contributed by atoms with Crippen molar-refractivity contribution in [2.24, 2.45) is 5.10 Å². The molecule has 6 heteroatoms. The predicted octanol–water partition coefficient (Wildman–Crippen LogP) is 4.03. The highest BCUT2D eigenvalue weighted by Gasteiger charge is 2.11. The van der Waals surface area contributed by atoms with E-state index in [0.29, 0.717) is 0 Å². The average molecular weight is 394 g/mol. The molecule has 28 heavy (non-hydrogen) atoms. The zero-order valence-corrected chi connectivity index (χ0v) is 16.5. The first-order valence-electron chi connectivity index (χ1n) is 9.07. The summed E-state index contributed by atoms with van der Waals surface area (Å²) in [7, 11) is -3.65. The third-order valence-electron chi connectivity index (χ3n) is 4.30. The summed E-state index contributed by atoms with van der Waals surface area (Å²) in [6, 6.07) is 26.4. The number of rotatable bonds is 8. The molecule has 1 N–H and O–H groups in total. The Balaban J connectivity index is 1.64. The van der Waals surface area contributed by atoms with Gasteiger partial charge in [-0.2, -0.15) is 13.5 Å². The molecule has 0 spiro atoms. The van der Waals surface area contributed by atoms with Crippen LogP contribution >= 0.6 is 0 Å². The van der Waals surface area contributed by atoms with Crippen LogP contribution in [0.3, 0.4) is 0 Å². The van der Waals surface area contributed by atoms with Gasteiger partial charge < -0.3 is 4.90 Å². The van der Waals surface area contributed by atoms with Crippen molar-refractivity contribution in [2.45, 2.75) is 18.4 Å². The van der Waals surface area contributed by atoms with Crippen molar-refractivity contribution in [1.82, 2.24) is 4.83 Å². The lowest BCUT2D eigenvalue weighted by Gasteiger charge is -2.23. The molecule has 0 aliphatic rings. The summed E-state index contributed by atoms with van der Waals surface area (Å²) in [5.41, 5.74) is 3.17. The molecular formula is C22H23N3O2S. The van der Waals surface area contributed by atoms with Gasteiger partial charge >= 0.3 is 0 Å². The maximum absolute atomic E-state index is 12.1. The van der Waals surface area contributed by atoms with Crippen LogP contribution in [-0.4, -0.2) is 21.2 Å². The first-order valence-corrected chi connectivity index (χ1v) is 10.6. The Morgan fingerprint density at radius 3 is 2.11 bits per heavy atom. The van der Waals surface area contributed by atoms with Crippen molar-refractivity contribution < 1.29 is 8.42 Å². The Labute approximate surface area is 166 Å². The molecule has 3 aromatic rings. The highest BCUT2D eigenvalue weighted by atomic mass is 32.2. The van der Waals surface area contributed by atoms with Crippen molar-refractivity contribution in [3.8, 4) is 0 Å². The van der Waals surface area contributed by atoms with Gasteiger partial charge in [0.2, 0.25) is 0 Å². The SMILES string of the molecule is CCN(Cc1ccccc1)c1ccc(/C=N\NS(=O)(=O)c2ccccc2)cc1. The summed E-state index contributed by atoms with van der Waals surface area (Å²) in [4.78, 5) is 4.69. The van der Waals surface area contributed by atoms with E-state index in [4.69, 9.17) is 0 Å². The van der Waals surface area contributed by atoms with Crippen LogP contribution in [0.2, 0.25) is 0 Å². The van der Waals surface area contributed by atoms with E-state index in [-0.39, 0.29) is 4.90 Å². The Hall–Kier alpha value is -3.12. The van der Waals surface area contributed by atoms with E-state index in [1.54, 1.807) is 18.2 Å². The normalized spacial score (nSPS) is 11.5. The Morgan fingerprint density at radius 1 is 0.893 bits per heavy atom. The van der Waals surface area contributed by atoms with Crippen molar-refractivity contribution in [2.75, 3.05) is 11.4 Å². The quantitative estimate of drug-likeness (QED) is 0.464. The molecule has 0 atom stereocenters. The number of benzene rings is 3. The Kier molecular flexibility index (Phi) is 6.45. The first kappa shape index (κ1) is 19.6. The van der Waals surface area contributed by atoms with Crippen LogP contribution in [0.4, 0.5) is 5.69 Å². The van der Waals surface area contributed by atoms with Gasteiger partial charge in [-0.1, -0.05) is 60.7 Å². The van der Waals surface area contributed by atoms with Crippen LogP contribution < -0.4 is 9.73 Å². The van der Waals surface area contributed by atoms with Gasteiger partial charge in [0.25, 0.3) is 10.0 Å². The lowest BCUT2D eigenvalue weighted by atomic mass is 10.1. The molecule has 0 heterocycles. The second-order valence-corrected chi connectivity index (χ2v) is 7.92. The van der Waals surface area contributed by atoms with E-state index in [0.717, 1.165) is 24.3 Å². The fourth-order valence-electron chi connectivity index (χ4n) is 2.78. The summed E-state index contributed by atoms with van der Waals surface area (Å²) >= 11 is 0. The van der Waals surface area contributed by atoms with E-state index in [2.05, 4.69) is 33.9 Å². The van der Waals surface area contributed by atoms with Gasteiger partial charge in [0.15, 0.2) is 0 Å². The molecule has 0 radical (unpaired) electrons. The molecule has 5 nitrogen and oxygen atoms in total. The third kappa shape index (κ3) is 5.20. The number of sulfonamides is 1. The van der Waals surface area contributed by atoms with Gasteiger partial charge in [-0.25, -0.2) is 4.83 Å². The first-order chi connectivity index (χ1) is 13.6. The fourth-order valence-corrected chi connectivity index (χ4v) is 3.60. The smallest absolute Gasteiger partial charge is 0.276 e. The minimum absolute atomic E-state index is 0.182. The number of hydrogen-bond acceptors (Lipinski definition) is 4. The number of anilines is 1. The average Bonchev–Trinajstić information content (AvgIpc) is 2.74. The standard InChI is InChI=1S/C22H23N3O2S/c1-2-25(18-20-9-5-3-6-10-20)21-15-13-19(14-16-21)17-23-24-28(26,27)22-11-7-4-8-12-22/h3-17,24H,2,18H2,1H3/b23-17-. The second kappa shape index (κ2) is 9.19. The van der Waals surface area contributed by atoms with Gasteiger partial charge in [-0.05, 0) is 42.3 Å². The molecule has 0 unspecified atom stereocenters. The second-order valence-electron chi connectivity index (χ2n) is 6.26. The van der Waals surface area contributed by atoms with Gasteiger partial charge in [0.05, 0.1) is 11.1 Å². The van der Waals surface area contributed by atoms with E-state index >= 15 is 0 Å². The lowest BCUT2D eigenvalue weighted by Crippen LogP contribution is -2.21. The molecule has 0 saturated carbocycles. The predicted molar refractivity (Wildman–Crippen MR) is 114 cm³/mol. The highest BCUT2D eigenvalue weighted by Crippen LogP contribution is 2.17. The van der Waals surface area contributed by atoms with Crippen LogP contribution in [0.15, 0.2) is 94.9 Å². The summed E-state index contributed by atoms with van der Waals surface area (Å²) in [6.07, 6.45) is 1.50. The largest absolute Gasteiger partial charge is 0.367 e. The zero-order chi connectivity index (χ0) is 19.8. The molecule has 3 rings (SSSR count). The van der Waals surface area contributed by atoms with Crippen LogP contribution in [0.1, 0.15) is 18.1 Å². The van der Waals surface area contributed by atoms with E-state index < -0.39 is 10.0 Å². The van der Waals surface area contributed by atoms with E-state index in [9.17, 15) is 8.42 Å². The minimum Gasteiger partial charge on any atom is -0.367 e. The van der Waals surface area contributed by atoms with Crippen molar-refractivity contribution in [3.63, 3.8) is 0 Å². The monoisotopic (exact) mass is 393 g/mol. The summed E-state index contributed by atoms with van der Waals surface area (Å²) in [5, 5.41) is 3.88. The molecule has 0 amide bonds. The number of nitrogens with zero attached hydrogens (tertiary/aromatic N) is 2. The molecule has 0 aliphatic heterocycles. The van der Waals surface area contributed by atoms with Crippen LogP contribution in [-0.2, 0) is 16.6 Å². The lowest BCUT2D eigenvalue weighted by molar-refractivity contribution is 0.584. The molecule has 3 aromatic carbocycles. The van der Waals surface area contributed by atoms with Crippen LogP contribution in [0.25, 0.3) is 0 Å². The molecule has 144 valence electrons. The van der Waals surface area contributed by atoms with Crippen LogP contribution in [0, 0.1) is 0 Å². The molecular weight excluding hydrogens is 370 g/mol. The van der Waals surface area contributed by atoms with Crippen LogP contribution in [0.5, 0.6) is 0 Å². The minimum atomic E-state index is -3.65. The van der Waals surface area contributed by atoms with E-state index in [1.807, 2.05) is 42.5 Å². The topological polar surface area (TPSA) is 61.8 Å².